The fraction of sp³-hybridized carbons (Fsp3) is 0.625. The molecule has 1 saturated carbocycles. The van der Waals surface area contributed by atoms with E-state index in [0.717, 1.165) is 69.1 Å². The van der Waals surface area contributed by atoms with Crippen LogP contribution in [0.25, 0.3) is 0 Å². The lowest BCUT2D eigenvalue weighted by Crippen LogP contribution is -2.47. The summed E-state index contributed by atoms with van der Waals surface area (Å²) >= 11 is 0. The van der Waals surface area contributed by atoms with Gasteiger partial charge in [-0.15, -0.1) is 12.4 Å². The molecule has 1 amide bonds. The van der Waals surface area contributed by atoms with Gasteiger partial charge in [-0.05, 0) is 69.7 Å². The van der Waals surface area contributed by atoms with Crippen molar-refractivity contribution < 1.29 is 9.32 Å². The van der Waals surface area contributed by atoms with Gasteiger partial charge < -0.3 is 9.42 Å². The second-order valence-corrected chi connectivity index (χ2v) is 9.22. The lowest BCUT2D eigenvalue weighted by atomic mass is 9.86. The summed E-state index contributed by atoms with van der Waals surface area (Å²) in [5.41, 5.74) is 0.824. The lowest BCUT2D eigenvalue weighted by molar-refractivity contribution is 0.0506. The number of hydrogen-bond acceptors (Lipinski definition) is 5. The van der Waals surface area contributed by atoms with Gasteiger partial charge >= 0.3 is 0 Å². The predicted octanol–water partition coefficient (Wildman–Crippen LogP) is 4.67. The van der Waals surface area contributed by atoms with E-state index in [9.17, 15) is 4.79 Å². The average molecular weight is 445 g/mol. The van der Waals surface area contributed by atoms with Crippen LogP contribution in [0, 0.1) is 5.92 Å². The minimum absolute atomic E-state index is 0. The molecule has 0 radical (unpaired) electrons. The van der Waals surface area contributed by atoms with Crippen LogP contribution in [0.1, 0.15) is 79.4 Å². The Bertz CT molecular complexity index is 846. The number of hydrogen-bond donors (Lipinski definition) is 0. The van der Waals surface area contributed by atoms with Crippen molar-refractivity contribution in [3.05, 3.63) is 47.6 Å². The second kappa shape index (κ2) is 10.1. The van der Waals surface area contributed by atoms with Crippen molar-refractivity contribution in [2.45, 2.75) is 69.9 Å². The van der Waals surface area contributed by atoms with Crippen molar-refractivity contribution >= 4 is 18.3 Å². The first-order chi connectivity index (χ1) is 14.8. The number of amides is 1. The molecule has 3 aliphatic rings. The quantitative estimate of drug-likeness (QED) is 0.670. The third-order valence-corrected chi connectivity index (χ3v) is 7.04. The van der Waals surface area contributed by atoms with Gasteiger partial charge in [0.05, 0.1) is 6.54 Å². The van der Waals surface area contributed by atoms with Crippen LogP contribution in [0.4, 0.5) is 0 Å². The third kappa shape index (κ3) is 5.29. The van der Waals surface area contributed by atoms with Gasteiger partial charge in [0.25, 0.3) is 5.91 Å². The Kier molecular flexibility index (Phi) is 7.28. The van der Waals surface area contributed by atoms with Crippen LogP contribution >= 0.6 is 12.4 Å². The molecule has 5 rings (SSSR count). The number of likely N-dealkylation sites (tertiary alicyclic amines) is 2. The Balaban J connectivity index is 0.00000231. The fourth-order valence-electron chi connectivity index (χ4n) is 5.15. The van der Waals surface area contributed by atoms with Gasteiger partial charge in [0, 0.05) is 24.1 Å². The summed E-state index contributed by atoms with van der Waals surface area (Å²) in [5, 5.41) is 4.14. The minimum atomic E-state index is 0. The van der Waals surface area contributed by atoms with Crippen molar-refractivity contribution in [2.24, 2.45) is 5.92 Å². The van der Waals surface area contributed by atoms with Gasteiger partial charge in [0.2, 0.25) is 5.89 Å². The first-order valence-corrected chi connectivity index (χ1v) is 11.7. The van der Waals surface area contributed by atoms with E-state index in [1.54, 1.807) is 0 Å². The number of nitrogens with zero attached hydrogens (tertiary/aromatic N) is 4. The van der Waals surface area contributed by atoms with E-state index in [1.807, 2.05) is 30.3 Å². The van der Waals surface area contributed by atoms with Crippen molar-refractivity contribution in [3.8, 4) is 0 Å². The largest absolute Gasteiger partial charge is 0.338 e. The average Bonchev–Trinajstić information content (AvgIpc) is 3.58. The Labute approximate surface area is 190 Å². The smallest absolute Gasteiger partial charge is 0.254 e. The molecule has 3 heterocycles. The van der Waals surface area contributed by atoms with Gasteiger partial charge in [-0.25, -0.2) is 0 Å². The van der Waals surface area contributed by atoms with Crippen LogP contribution in [0.5, 0.6) is 0 Å². The molecule has 0 N–H and O–H groups in total. The molecule has 1 unspecified atom stereocenters. The Morgan fingerprint density at radius 1 is 0.968 bits per heavy atom. The highest BCUT2D eigenvalue weighted by molar-refractivity contribution is 5.94. The van der Waals surface area contributed by atoms with Crippen molar-refractivity contribution in [1.29, 1.82) is 0 Å². The number of piperidine rings is 1. The summed E-state index contributed by atoms with van der Waals surface area (Å²) < 4.78 is 5.47. The molecule has 6 nitrogen and oxygen atoms in total. The molecular weight excluding hydrogens is 412 g/mol. The van der Waals surface area contributed by atoms with E-state index in [1.165, 1.54) is 25.7 Å². The van der Waals surface area contributed by atoms with Gasteiger partial charge in [-0.3, -0.25) is 9.69 Å². The SMILES string of the molecule is Cl.O=C(c1ccccc1)N1CCCCCC1C1CCN(Cc2nc(C3CC3)no2)CC1. The fourth-order valence-corrected chi connectivity index (χ4v) is 5.15. The molecule has 1 aliphatic carbocycles. The molecule has 2 saturated heterocycles. The van der Waals surface area contributed by atoms with Crippen molar-refractivity contribution in [2.75, 3.05) is 19.6 Å². The number of rotatable bonds is 5. The zero-order valence-electron chi connectivity index (χ0n) is 18.1. The zero-order valence-corrected chi connectivity index (χ0v) is 18.9. The monoisotopic (exact) mass is 444 g/mol. The normalized spacial score (nSPS) is 23.2. The molecule has 3 fully saturated rings. The van der Waals surface area contributed by atoms with Crippen molar-refractivity contribution in [1.82, 2.24) is 19.9 Å². The molecule has 2 aliphatic heterocycles. The van der Waals surface area contributed by atoms with E-state index < -0.39 is 0 Å². The van der Waals surface area contributed by atoms with E-state index in [2.05, 4.69) is 19.9 Å². The summed E-state index contributed by atoms with van der Waals surface area (Å²) in [4.78, 5) is 22.5. The molecule has 1 aromatic carbocycles. The second-order valence-electron chi connectivity index (χ2n) is 9.22. The highest BCUT2D eigenvalue weighted by atomic mass is 35.5. The van der Waals surface area contributed by atoms with Crippen LogP contribution in [-0.4, -0.2) is 51.5 Å². The van der Waals surface area contributed by atoms with Crippen LogP contribution in [0.3, 0.4) is 0 Å². The first-order valence-electron chi connectivity index (χ1n) is 11.7. The summed E-state index contributed by atoms with van der Waals surface area (Å²) in [6.45, 7) is 3.72. The number of aromatic nitrogens is 2. The summed E-state index contributed by atoms with van der Waals surface area (Å²) in [5.74, 6) is 2.98. The number of benzene rings is 1. The summed E-state index contributed by atoms with van der Waals surface area (Å²) in [6, 6.07) is 10.2. The van der Waals surface area contributed by atoms with E-state index in [4.69, 9.17) is 4.52 Å². The Morgan fingerprint density at radius 2 is 1.74 bits per heavy atom. The van der Waals surface area contributed by atoms with Gasteiger partial charge in [-0.2, -0.15) is 4.98 Å². The molecule has 1 aromatic heterocycles. The van der Waals surface area contributed by atoms with Gasteiger partial charge in [-0.1, -0.05) is 36.2 Å². The molecular formula is C24H33ClN4O2. The number of halogens is 1. The van der Waals surface area contributed by atoms with Crippen molar-refractivity contribution in [3.63, 3.8) is 0 Å². The maximum absolute atomic E-state index is 13.3. The topological polar surface area (TPSA) is 62.5 Å². The first kappa shape index (κ1) is 22.3. The Hall–Kier alpha value is -1.92. The molecule has 31 heavy (non-hydrogen) atoms. The standard InChI is InChI=1S/C24H32N4O2.ClH/c29-24(20-7-3-1-4-8-20)28-14-6-2-5-9-21(28)18-12-15-27(16-13-18)17-22-25-23(26-30-22)19-10-11-19;/h1,3-4,7-8,18-19,21H,2,5-6,9-17H2;1H. The highest BCUT2D eigenvalue weighted by Crippen LogP contribution is 2.38. The number of carbonyl (C=O) groups is 1. The predicted molar refractivity (Wildman–Crippen MR) is 121 cm³/mol. The number of carbonyl (C=O) groups excluding carboxylic acids is 1. The molecule has 1 atom stereocenters. The van der Waals surface area contributed by atoms with E-state index in [0.29, 0.717) is 17.9 Å². The van der Waals surface area contributed by atoms with E-state index >= 15 is 0 Å². The maximum Gasteiger partial charge on any atom is 0.254 e. The molecule has 168 valence electrons. The van der Waals surface area contributed by atoms with Crippen LogP contribution in [0.15, 0.2) is 34.9 Å². The van der Waals surface area contributed by atoms with Gasteiger partial charge in [0.1, 0.15) is 0 Å². The zero-order chi connectivity index (χ0) is 20.3. The molecule has 0 bridgehead atoms. The minimum Gasteiger partial charge on any atom is -0.338 e. The van der Waals surface area contributed by atoms with Gasteiger partial charge in [0.15, 0.2) is 5.82 Å². The third-order valence-electron chi connectivity index (χ3n) is 7.04. The maximum atomic E-state index is 13.3. The molecule has 0 spiro atoms. The highest BCUT2D eigenvalue weighted by Gasteiger charge is 2.35. The molecule has 7 heteroatoms. The summed E-state index contributed by atoms with van der Waals surface area (Å²) in [6.07, 6.45) is 9.38. The summed E-state index contributed by atoms with van der Waals surface area (Å²) in [7, 11) is 0. The van der Waals surface area contributed by atoms with Crippen LogP contribution in [-0.2, 0) is 6.54 Å². The molecule has 2 aromatic rings. The van der Waals surface area contributed by atoms with Crippen LogP contribution in [0.2, 0.25) is 0 Å². The van der Waals surface area contributed by atoms with E-state index in [-0.39, 0.29) is 18.3 Å². The Morgan fingerprint density at radius 3 is 2.48 bits per heavy atom. The lowest BCUT2D eigenvalue weighted by Gasteiger charge is -2.40. The van der Waals surface area contributed by atoms with Crippen LogP contribution < -0.4 is 0 Å².